The minimum Gasteiger partial charge on any atom is -0.367 e. The van der Waals surface area contributed by atoms with Crippen molar-refractivity contribution in [1.29, 1.82) is 0 Å². The number of rotatable bonds is 5. The van der Waals surface area contributed by atoms with Crippen LogP contribution < -0.4 is 5.32 Å². The number of anilines is 1. The topological polar surface area (TPSA) is 24.9 Å². The van der Waals surface area contributed by atoms with Crippen molar-refractivity contribution in [3.05, 3.63) is 23.9 Å². The van der Waals surface area contributed by atoms with Gasteiger partial charge in [-0.25, -0.2) is 4.98 Å². The number of hydrogen-bond acceptors (Lipinski definition) is 3. The van der Waals surface area contributed by atoms with Crippen molar-refractivity contribution in [3.8, 4) is 0 Å². The summed E-state index contributed by atoms with van der Waals surface area (Å²) in [5.41, 5.74) is 1.25. The lowest BCUT2D eigenvalue weighted by Gasteiger charge is -2.13. The molecule has 0 radical (unpaired) electrons. The summed E-state index contributed by atoms with van der Waals surface area (Å²) in [6, 6.07) is 4.57. The number of nitrogens with one attached hydrogen (secondary N) is 1. The Morgan fingerprint density at radius 3 is 3.00 bits per heavy atom. The van der Waals surface area contributed by atoms with Crippen LogP contribution in [0.4, 0.5) is 5.82 Å². The molecule has 1 heterocycles. The van der Waals surface area contributed by atoms with Crippen molar-refractivity contribution in [2.75, 3.05) is 16.8 Å². The monoisotopic (exact) mass is 210 g/mol. The van der Waals surface area contributed by atoms with Gasteiger partial charge in [0.2, 0.25) is 0 Å². The zero-order chi connectivity index (χ0) is 10.4. The second-order valence-corrected chi connectivity index (χ2v) is 4.74. The van der Waals surface area contributed by atoms with Gasteiger partial charge in [0.15, 0.2) is 0 Å². The summed E-state index contributed by atoms with van der Waals surface area (Å²) in [6.45, 7) is 6.45. The molecule has 1 aromatic heterocycles. The van der Waals surface area contributed by atoms with Crippen LogP contribution in [-0.4, -0.2) is 22.5 Å². The molecule has 1 aromatic rings. The third kappa shape index (κ3) is 4.01. The minimum atomic E-state index is 0.481. The van der Waals surface area contributed by atoms with Crippen molar-refractivity contribution < 1.29 is 0 Å². The summed E-state index contributed by atoms with van der Waals surface area (Å²) < 4.78 is 0. The van der Waals surface area contributed by atoms with Crippen LogP contribution in [0.5, 0.6) is 0 Å². The Hall–Kier alpha value is -0.700. The highest BCUT2D eigenvalue weighted by Gasteiger charge is 2.01. The number of aromatic nitrogens is 1. The van der Waals surface area contributed by atoms with Gasteiger partial charge < -0.3 is 5.32 Å². The smallest absolute Gasteiger partial charge is 0.126 e. The second kappa shape index (κ2) is 5.91. The quantitative estimate of drug-likeness (QED) is 0.809. The lowest BCUT2D eigenvalue weighted by molar-refractivity contribution is 0.901. The normalized spacial score (nSPS) is 12.5. The Morgan fingerprint density at radius 2 is 2.36 bits per heavy atom. The van der Waals surface area contributed by atoms with Gasteiger partial charge in [-0.2, -0.15) is 11.8 Å². The van der Waals surface area contributed by atoms with Crippen LogP contribution in [0.3, 0.4) is 0 Å². The van der Waals surface area contributed by atoms with Gasteiger partial charge >= 0.3 is 0 Å². The summed E-state index contributed by atoms with van der Waals surface area (Å²) in [7, 11) is 0. The number of pyridine rings is 1. The fraction of sp³-hybridized carbons (Fsp3) is 0.545. The van der Waals surface area contributed by atoms with Gasteiger partial charge in [-0.15, -0.1) is 0 Å². The van der Waals surface area contributed by atoms with E-state index >= 15 is 0 Å². The summed E-state index contributed by atoms with van der Waals surface area (Å²) in [5.74, 6) is 3.29. The molecule has 0 bridgehead atoms. The van der Waals surface area contributed by atoms with E-state index in [-0.39, 0.29) is 0 Å². The molecule has 0 aliphatic heterocycles. The molecule has 1 N–H and O–H groups in total. The summed E-state index contributed by atoms with van der Waals surface area (Å²) in [4.78, 5) is 4.27. The summed E-state index contributed by atoms with van der Waals surface area (Å²) in [5, 5.41) is 3.39. The highest BCUT2D eigenvalue weighted by Crippen LogP contribution is 2.09. The first-order valence-electron chi connectivity index (χ1n) is 4.99. The fourth-order valence-corrected chi connectivity index (χ4v) is 1.88. The van der Waals surface area contributed by atoms with E-state index in [4.69, 9.17) is 0 Å². The zero-order valence-corrected chi connectivity index (χ0v) is 9.90. The van der Waals surface area contributed by atoms with Crippen LogP contribution >= 0.6 is 11.8 Å². The predicted molar refractivity (Wildman–Crippen MR) is 65.1 cm³/mol. The summed E-state index contributed by atoms with van der Waals surface area (Å²) >= 11 is 1.95. The fourth-order valence-electron chi connectivity index (χ4n) is 1.20. The molecule has 0 saturated heterocycles. The highest BCUT2D eigenvalue weighted by molar-refractivity contribution is 7.99. The van der Waals surface area contributed by atoms with Gasteiger partial charge in [0.05, 0.1) is 0 Å². The molecule has 0 saturated carbocycles. The van der Waals surface area contributed by atoms with E-state index in [1.54, 1.807) is 0 Å². The van der Waals surface area contributed by atoms with Gasteiger partial charge in [0, 0.05) is 18.0 Å². The molecule has 3 heteroatoms. The third-order valence-electron chi connectivity index (χ3n) is 1.88. The standard InChI is InChI=1S/C11H18N2S/c1-4-14-8-10(3)13-11-7-9(2)5-6-12-11/h5-7,10H,4,8H2,1-3H3,(H,12,13). The van der Waals surface area contributed by atoms with Crippen LogP contribution in [0, 0.1) is 6.92 Å². The van der Waals surface area contributed by atoms with Crippen molar-refractivity contribution in [2.45, 2.75) is 26.8 Å². The zero-order valence-electron chi connectivity index (χ0n) is 9.08. The first-order chi connectivity index (χ1) is 6.72. The third-order valence-corrected chi connectivity index (χ3v) is 3.03. The van der Waals surface area contributed by atoms with Crippen LogP contribution in [0.25, 0.3) is 0 Å². The van der Waals surface area contributed by atoms with Gasteiger partial charge in [0.1, 0.15) is 5.82 Å². The average molecular weight is 210 g/mol. The minimum absolute atomic E-state index is 0.481. The first-order valence-corrected chi connectivity index (χ1v) is 6.14. The van der Waals surface area contributed by atoms with E-state index in [0.29, 0.717) is 6.04 Å². The molecule has 78 valence electrons. The van der Waals surface area contributed by atoms with Crippen molar-refractivity contribution in [3.63, 3.8) is 0 Å². The van der Waals surface area contributed by atoms with E-state index in [0.717, 1.165) is 11.6 Å². The van der Waals surface area contributed by atoms with E-state index in [9.17, 15) is 0 Å². The molecule has 14 heavy (non-hydrogen) atoms. The molecule has 1 rings (SSSR count). The Morgan fingerprint density at radius 1 is 1.57 bits per heavy atom. The maximum absolute atomic E-state index is 4.27. The van der Waals surface area contributed by atoms with E-state index in [1.165, 1.54) is 11.3 Å². The van der Waals surface area contributed by atoms with Gasteiger partial charge in [-0.05, 0) is 37.3 Å². The molecule has 0 aromatic carbocycles. The lowest BCUT2D eigenvalue weighted by atomic mass is 10.3. The van der Waals surface area contributed by atoms with Crippen molar-refractivity contribution >= 4 is 17.6 Å². The van der Waals surface area contributed by atoms with Crippen LogP contribution in [-0.2, 0) is 0 Å². The van der Waals surface area contributed by atoms with E-state index in [1.807, 2.05) is 24.0 Å². The SMILES string of the molecule is CCSCC(C)Nc1cc(C)ccn1. The number of aryl methyl sites for hydroxylation is 1. The molecule has 1 atom stereocenters. The van der Waals surface area contributed by atoms with Gasteiger partial charge in [-0.3, -0.25) is 0 Å². The Kier molecular flexibility index (Phi) is 4.80. The molecular weight excluding hydrogens is 192 g/mol. The molecule has 0 aliphatic carbocycles. The molecule has 1 unspecified atom stereocenters. The average Bonchev–Trinajstić information content (AvgIpc) is 2.15. The van der Waals surface area contributed by atoms with Gasteiger partial charge in [0.25, 0.3) is 0 Å². The first kappa shape index (κ1) is 11.4. The molecule has 0 amide bonds. The Labute approximate surface area is 90.5 Å². The maximum atomic E-state index is 4.27. The van der Waals surface area contributed by atoms with Crippen LogP contribution in [0.1, 0.15) is 19.4 Å². The van der Waals surface area contributed by atoms with Crippen molar-refractivity contribution in [2.24, 2.45) is 0 Å². The van der Waals surface area contributed by atoms with Gasteiger partial charge in [-0.1, -0.05) is 6.92 Å². The molecule has 0 aliphatic rings. The molecule has 0 spiro atoms. The predicted octanol–water partition coefficient (Wildman–Crippen LogP) is 2.94. The lowest BCUT2D eigenvalue weighted by Crippen LogP contribution is -2.18. The van der Waals surface area contributed by atoms with E-state index in [2.05, 4.69) is 37.1 Å². The Bertz CT molecular complexity index is 276. The Balaban J connectivity index is 2.43. The van der Waals surface area contributed by atoms with Crippen molar-refractivity contribution in [1.82, 2.24) is 4.98 Å². The van der Waals surface area contributed by atoms with Crippen LogP contribution in [0.2, 0.25) is 0 Å². The van der Waals surface area contributed by atoms with Crippen LogP contribution in [0.15, 0.2) is 18.3 Å². The number of nitrogens with zero attached hydrogens (tertiary/aromatic N) is 1. The highest BCUT2D eigenvalue weighted by atomic mass is 32.2. The maximum Gasteiger partial charge on any atom is 0.126 e. The molecular formula is C11H18N2S. The summed E-state index contributed by atoms with van der Waals surface area (Å²) in [6.07, 6.45) is 1.84. The van der Waals surface area contributed by atoms with E-state index < -0.39 is 0 Å². The molecule has 0 fully saturated rings. The molecule has 2 nitrogen and oxygen atoms in total. The number of thioether (sulfide) groups is 1. The number of hydrogen-bond donors (Lipinski definition) is 1. The second-order valence-electron chi connectivity index (χ2n) is 3.42. The largest absolute Gasteiger partial charge is 0.367 e.